The molecule has 1 N–H and O–H groups in total. The van der Waals surface area contributed by atoms with E-state index in [0.29, 0.717) is 18.9 Å². The molecule has 3 aromatic rings. The third-order valence-corrected chi connectivity index (χ3v) is 7.78. The van der Waals surface area contributed by atoms with Crippen molar-refractivity contribution in [3.63, 3.8) is 0 Å². The summed E-state index contributed by atoms with van der Waals surface area (Å²) >= 11 is 0. The summed E-state index contributed by atoms with van der Waals surface area (Å²) in [5.41, 5.74) is 2.75. The maximum atomic E-state index is 13.7. The molecule has 1 aromatic heterocycles. The van der Waals surface area contributed by atoms with Gasteiger partial charge in [-0.25, -0.2) is 4.98 Å². The Morgan fingerprint density at radius 1 is 0.912 bits per heavy atom. The number of hydrogen-bond donors (Lipinski definition) is 1. The van der Waals surface area contributed by atoms with E-state index in [1.54, 1.807) is 24.7 Å². The van der Waals surface area contributed by atoms with Gasteiger partial charge >= 0.3 is 7.60 Å². The van der Waals surface area contributed by atoms with E-state index >= 15 is 0 Å². The zero-order valence-corrected chi connectivity index (χ0v) is 20.3. The number of ether oxygens (including phenoxy) is 2. The second kappa shape index (κ2) is 11.4. The molecule has 1 aliphatic heterocycles. The van der Waals surface area contributed by atoms with Gasteiger partial charge in [-0.05, 0) is 25.0 Å². The van der Waals surface area contributed by atoms with Crippen molar-refractivity contribution < 1.29 is 28.2 Å². The quantitative estimate of drug-likeness (QED) is 0.384. The zero-order chi connectivity index (χ0) is 24.0. The van der Waals surface area contributed by atoms with E-state index in [2.05, 4.69) is 4.98 Å². The van der Waals surface area contributed by atoms with Crippen LogP contribution in [0.5, 0.6) is 0 Å². The highest BCUT2D eigenvalue weighted by Crippen LogP contribution is 2.51. The first-order valence-corrected chi connectivity index (χ1v) is 13.0. The monoisotopic (exact) mass is 486 g/mol. The molecular weight excluding hydrogens is 455 g/mol. The molecule has 9 heteroatoms. The van der Waals surface area contributed by atoms with Crippen LogP contribution in [-0.2, 0) is 36.3 Å². The third kappa shape index (κ3) is 5.18. The van der Waals surface area contributed by atoms with E-state index in [1.807, 2.05) is 60.7 Å². The molecule has 4 rings (SSSR count). The minimum atomic E-state index is -3.69. The number of rotatable bonds is 12. The molecule has 0 saturated carbocycles. The number of aliphatic hydroxyl groups is 1. The first-order chi connectivity index (χ1) is 16.6. The summed E-state index contributed by atoms with van der Waals surface area (Å²) in [6.45, 7) is 4.39. The van der Waals surface area contributed by atoms with Crippen LogP contribution >= 0.6 is 7.60 Å². The second-order valence-electron chi connectivity index (χ2n) is 7.92. The molecule has 0 unspecified atom stereocenters. The Balaban J connectivity index is 1.69. The smallest absolute Gasteiger partial charge is 0.381 e. The Labute approximate surface area is 200 Å². The minimum Gasteiger partial charge on any atom is -0.394 e. The van der Waals surface area contributed by atoms with Gasteiger partial charge in [0.2, 0.25) is 0 Å². The lowest BCUT2D eigenvalue weighted by atomic mass is 10.1. The number of aromatic nitrogens is 2. The lowest BCUT2D eigenvalue weighted by Crippen LogP contribution is -2.29. The van der Waals surface area contributed by atoms with Crippen LogP contribution in [-0.4, -0.2) is 40.6 Å². The van der Waals surface area contributed by atoms with Crippen molar-refractivity contribution in [2.75, 3.05) is 19.8 Å². The molecule has 0 aliphatic carbocycles. The van der Waals surface area contributed by atoms with Gasteiger partial charge in [0.25, 0.3) is 0 Å². The van der Waals surface area contributed by atoms with E-state index in [0.717, 1.165) is 11.1 Å². The summed E-state index contributed by atoms with van der Waals surface area (Å²) in [6, 6.07) is 19.1. The fourth-order valence-electron chi connectivity index (χ4n) is 4.22. The van der Waals surface area contributed by atoms with E-state index in [1.165, 1.54) is 0 Å². The molecule has 1 aliphatic rings. The van der Waals surface area contributed by atoms with Gasteiger partial charge in [-0.15, -0.1) is 0 Å². The van der Waals surface area contributed by atoms with Gasteiger partial charge in [-0.3, -0.25) is 4.57 Å². The van der Waals surface area contributed by atoms with Crippen molar-refractivity contribution in [2.24, 2.45) is 0 Å². The van der Waals surface area contributed by atoms with Gasteiger partial charge in [-0.1, -0.05) is 60.7 Å². The van der Waals surface area contributed by atoms with Crippen LogP contribution < -0.4 is 5.44 Å². The van der Waals surface area contributed by atoms with Crippen LogP contribution in [0.3, 0.4) is 0 Å². The second-order valence-corrected chi connectivity index (χ2v) is 9.86. The predicted molar refractivity (Wildman–Crippen MR) is 128 cm³/mol. The summed E-state index contributed by atoms with van der Waals surface area (Å²) in [6.07, 6.45) is 0.399. The average Bonchev–Trinajstić information content (AvgIpc) is 3.41. The minimum absolute atomic E-state index is 0.193. The molecule has 0 amide bonds. The van der Waals surface area contributed by atoms with Crippen LogP contribution in [0.1, 0.15) is 42.8 Å². The van der Waals surface area contributed by atoms with E-state index in [4.69, 9.17) is 18.5 Å². The Bertz CT molecular complexity index is 1080. The lowest BCUT2D eigenvalue weighted by molar-refractivity contribution is -0.0963. The molecule has 2 heterocycles. The van der Waals surface area contributed by atoms with Crippen molar-refractivity contribution in [3.05, 3.63) is 83.8 Å². The molecule has 3 atom stereocenters. The van der Waals surface area contributed by atoms with Crippen molar-refractivity contribution >= 4 is 13.0 Å². The van der Waals surface area contributed by atoms with Crippen LogP contribution in [0, 0.1) is 0 Å². The van der Waals surface area contributed by atoms with Gasteiger partial charge in [0, 0.05) is 0 Å². The Hall–Kier alpha value is -2.32. The molecule has 0 fully saturated rings. The van der Waals surface area contributed by atoms with Gasteiger partial charge in [0.15, 0.2) is 5.44 Å². The molecule has 8 nitrogen and oxygen atoms in total. The zero-order valence-electron chi connectivity index (χ0n) is 19.4. The lowest BCUT2D eigenvalue weighted by Gasteiger charge is -2.25. The Kier molecular flexibility index (Phi) is 8.32. The molecule has 0 bridgehead atoms. The molecule has 0 radical (unpaired) electrons. The maximum Gasteiger partial charge on any atom is 0.381 e. The highest BCUT2D eigenvalue weighted by Gasteiger charge is 2.48. The molecule has 34 heavy (non-hydrogen) atoms. The normalized spacial score (nSPS) is 19.9. The molecule has 182 valence electrons. The Morgan fingerprint density at radius 3 is 2.00 bits per heavy atom. The summed E-state index contributed by atoms with van der Waals surface area (Å²) in [7, 11) is -3.69. The predicted octanol–water partition coefficient (Wildman–Crippen LogP) is 4.16. The molecular formula is C25H31N2O6P. The van der Waals surface area contributed by atoms with Crippen molar-refractivity contribution in [3.8, 4) is 0 Å². The van der Waals surface area contributed by atoms with Gasteiger partial charge < -0.3 is 28.2 Å². The summed E-state index contributed by atoms with van der Waals surface area (Å²) in [5.74, 6) is 0. The maximum absolute atomic E-state index is 13.7. The number of hydrogen-bond acceptors (Lipinski definition) is 7. The summed E-state index contributed by atoms with van der Waals surface area (Å²) in [4.78, 5) is 4.41. The number of benzene rings is 2. The van der Waals surface area contributed by atoms with Crippen LogP contribution in [0.4, 0.5) is 0 Å². The standard InChI is InChI=1S/C25H31N2O6P/c1-3-32-34(29,33-4-2)25-22-24(31-17-20-13-9-6-10-14-20)23(21(15-28)27(22)18-26-25)30-16-19-11-7-5-8-12-19/h5-14,18,21,23-24,28H,3-4,15-17H2,1-2H3/t21-,23-,24-/m1/s1. The van der Waals surface area contributed by atoms with Crippen LogP contribution in [0.2, 0.25) is 0 Å². The molecule has 0 saturated heterocycles. The average molecular weight is 487 g/mol. The highest BCUT2D eigenvalue weighted by molar-refractivity contribution is 7.62. The van der Waals surface area contributed by atoms with Crippen LogP contribution in [0.15, 0.2) is 67.0 Å². The largest absolute Gasteiger partial charge is 0.394 e. The van der Waals surface area contributed by atoms with Crippen molar-refractivity contribution in [1.29, 1.82) is 0 Å². The third-order valence-electron chi connectivity index (χ3n) is 5.72. The van der Waals surface area contributed by atoms with E-state index < -0.39 is 25.8 Å². The number of aliphatic hydroxyl groups excluding tert-OH is 1. The Morgan fingerprint density at radius 2 is 1.47 bits per heavy atom. The summed E-state index contributed by atoms with van der Waals surface area (Å²) in [5, 5.41) is 10.3. The van der Waals surface area contributed by atoms with E-state index in [9.17, 15) is 9.67 Å². The number of fused-ring (bicyclic) bond motifs is 1. The molecule has 2 aromatic carbocycles. The van der Waals surface area contributed by atoms with Crippen LogP contribution in [0.25, 0.3) is 0 Å². The SMILES string of the molecule is CCOP(=O)(OCC)c1ncn2c1[C@@H](OCc1ccccc1)[C@H](OCc1ccccc1)[C@H]2CO. The molecule has 0 spiro atoms. The van der Waals surface area contributed by atoms with Crippen molar-refractivity contribution in [1.82, 2.24) is 9.55 Å². The fraction of sp³-hybridized carbons (Fsp3) is 0.400. The van der Waals surface area contributed by atoms with Gasteiger partial charge in [-0.2, -0.15) is 0 Å². The first kappa shape index (κ1) is 24.8. The van der Waals surface area contributed by atoms with Gasteiger partial charge in [0.1, 0.15) is 12.2 Å². The summed E-state index contributed by atoms with van der Waals surface area (Å²) < 4.78 is 39.3. The van der Waals surface area contributed by atoms with Gasteiger partial charge in [0.05, 0.1) is 51.1 Å². The van der Waals surface area contributed by atoms with Crippen molar-refractivity contribution in [2.45, 2.75) is 45.3 Å². The number of imidazole rings is 1. The fourth-order valence-corrected chi connectivity index (χ4v) is 5.93. The van der Waals surface area contributed by atoms with E-state index in [-0.39, 0.29) is 25.3 Å². The highest BCUT2D eigenvalue weighted by atomic mass is 31.2. The number of nitrogens with zero attached hydrogens (tertiary/aromatic N) is 2. The first-order valence-electron chi connectivity index (χ1n) is 11.5. The topological polar surface area (TPSA) is 92.0 Å².